The summed E-state index contributed by atoms with van der Waals surface area (Å²) in [6.45, 7) is 7.08. The molecule has 0 radical (unpaired) electrons. The van der Waals surface area contributed by atoms with E-state index in [1.54, 1.807) is 0 Å². The van der Waals surface area contributed by atoms with Gasteiger partial charge in [0.25, 0.3) is 0 Å². The Balaban J connectivity index is 2.39. The van der Waals surface area contributed by atoms with Gasteiger partial charge in [-0.1, -0.05) is 6.92 Å². The van der Waals surface area contributed by atoms with E-state index in [1.807, 2.05) is 20.8 Å². The van der Waals surface area contributed by atoms with Gasteiger partial charge in [-0.3, -0.25) is 4.79 Å². The highest BCUT2D eigenvalue weighted by atomic mass is 16.6. The number of hydrogen-bond acceptors (Lipinski definition) is 3. The predicted octanol–water partition coefficient (Wildman–Crippen LogP) is 1.75. The first-order valence-electron chi connectivity index (χ1n) is 4.85. The van der Waals surface area contributed by atoms with Crippen molar-refractivity contribution in [1.29, 1.82) is 0 Å². The Morgan fingerprint density at radius 3 is 2.77 bits per heavy atom. The summed E-state index contributed by atoms with van der Waals surface area (Å²) in [6, 6.07) is 0. The van der Waals surface area contributed by atoms with Crippen molar-refractivity contribution in [2.45, 2.75) is 39.7 Å². The van der Waals surface area contributed by atoms with Crippen LogP contribution in [0, 0.1) is 5.41 Å². The molecule has 0 aromatic rings. The maximum Gasteiger partial charge on any atom is 0.311 e. The predicted molar refractivity (Wildman–Crippen MR) is 49.4 cm³/mol. The van der Waals surface area contributed by atoms with Crippen LogP contribution in [0.4, 0.5) is 0 Å². The molecule has 3 heteroatoms. The van der Waals surface area contributed by atoms with Crippen molar-refractivity contribution in [2.24, 2.45) is 5.41 Å². The average molecular weight is 186 g/mol. The second-order valence-corrected chi connectivity index (χ2v) is 4.13. The van der Waals surface area contributed by atoms with E-state index in [-0.39, 0.29) is 17.5 Å². The van der Waals surface area contributed by atoms with Gasteiger partial charge in [0.2, 0.25) is 0 Å². The van der Waals surface area contributed by atoms with E-state index < -0.39 is 0 Å². The van der Waals surface area contributed by atoms with E-state index in [4.69, 9.17) is 9.47 Å². The normalized spacial score (nSPS) is 23.2. The lowest BCUT2D eigenvalue weighted by molar-refractivity contribution is -0.159. The Labute approximate surface area is 79.4 Å². The zero-order chi connectivity index (χ0) is 9.90. The SMILES string of the molecule is CCC(C)(C)C(=O)OC1CCOC1. The van der Waals surface area contributed by atoms with Crippen LogP contribution in [0.5, 0.6) is 0 Å². The monoisotopic (exact) mass is 186 g/mol. The fourth-order valence-corrected chi connectivity index (χ4v) is 1.06. The van der Waals surface area contributed by atoms with Crippen LogP contribution in [-0.4, -0.2) is 25.3 Å². The lowest BCUT2D eigenvalue weighted by Gasteiger charge is -2.22. The molecule has 1 unspecified atom stereocenters. The van der Waals surface area contributed by atoms with E-state index in [0.717, 1.165) is 12.8 Å². The Kier molecular flexibility index (Phi) is 3.31. The quantitative estimate of drug-likeness (QED) is 0.630. The standard InChI is InChI=1S/C10H18O3/c1-4-10(2,3)9(11)13-8-5-6-12-7-8/h8H,4-7H2,1-3H3. The van der Waals surface area contributed by atoms with E-state index in [9.17, 15) is 4.79 Å². The molecule has 0 saturated carbocycles. The van der Waals surface area contributed by atoms with Crippen molar-refractivity contribution >= 4 is 5.97 Å². The van der Waals surface area contributed by atoms with Crippen molar-refractivity contribution in [3.05, 3.63) is 0 Å². The summed E-state index contributed by atoms with van der Waals surface area (Å²) in [4.78, 5) is 11.6. The third-order valence-corrected chi connectivity index (χ3v) is 2.60. The third kappa shape index (κ3) is 2.69. The van der Waals surface area contributed by atoms with Crippen molar-refractivity contribution < 1.29 is 14.3 Å². The van der Waals surface area contributed by atoms with Crippen LogP contribution in [0.1, 0.15) is 33.6 Å². The summed E-state index contributed by atoms with van der Waals surface area (Å²) >= 11 is 0. The molecular formula is C10H18O3. The highest BCUT2D eigenvalue weighted by Crippen LogP contribution is 2.23. The molecule has 0 spiro atoms. The van der Waals surface area contributed by atoms with Gasteiger partial charge in [-0.05, 0) is 20.3 Å². The van der Waals surface area contributed by atoms with Crippen molar-refractivity contribution in [3.63, 3.8) is 0 Å². The third-order valence-electron chi connectivity index (χ3n) is 2.60. The summed E-state index contributed by atoms with van der Waals surface area (Å²) in [6.07, 6.45) is 1.63. The van der Waals surface area contributed by atoms with Crippen LogP contribution in [0.15, 0.2) is 0 Å². The molecular weight excluding hydrogens is 168 g/mol. The lowest BCUT2D eigenvalue weighted by atomic mass is 9.90. The zero-order valence-electron chi connectivity index (χ0n) is 8.63. The fraction of sp³-hybridized carbons (Fsp3) is 0.900. The van der Waals surface area contributed by atoms with Crippen molar-refractivity contribution in [1.82, 2.24) is 0 Å². The van der Waals surface area contributed by atoms with Gasteiger partial charge < -0.3 is 9.47 Å². The first-order valence-corrected chi connectivity index (χ1v) is 4.85. The molecule has 1 atom stereocenters. The van der Waals surface area contributed by atoms with E-state index >= 15 is 0 Å². The highest BCUT2D eigenvalue weighted by Gasteiger charge is 2.30. The number of hydrogen-bond donors (Lipinski definition) is 0. The van der Waals surface area contributed by atoms with E-state index in [0.29, 0.717) is 13.2 Å². The summed E-state index contributed by atoms with van der Waals surface area (Å²) in [5.41, 5.74) is -0.359. The number of rotatable bonds is 3. The van der Waals surface area contributed by atoms with Crippen LogP contribution >= 0.6 is 0 Å². The molecule has 0 amide bonds. The largest absolute Gasteiger partial charge is 0.459 e. The molecule has 3 nitrogen and oxygen atoms in total. The van der Waals surface area contributed by atoms with Gasteiger partial charge in [0, 0.05) is 6.42 Å². The van der Waals surface area contributed by atoms with E-state index in [2.05, 4.69) is 0 Å². The van der Waals surface area contributed by atoms with Gasteiger partial charge in [-0.2, -0.15) is 0 Å². The first kappa shape index (κ1) is 10.5. The second kappa shape index (κ2) is 4.09. The minimum absolute atomic E-state index is 0.0154. The van der Waals surface area contributed by atoms with E-state index in [1.165, 1.54) is 0 Å². The van der Waals surface area contributed by atoms with Gasteiger partial charge in [-0.25, -0.2) is 0 Å². The minimum atomic E-state index is -0.359. The maximum atomic E-state index is 11.6. The Morgan fingerprint density at radius 2 is 2.31 bits per heavy atom. The summed E-state index contributed by atoms with van der Waals surface area (Å²) in [5, 5.41) is 0. The molecule has 1 fully saturated rings. The van der Waals surface area contributed by atoms with Crippen LogP contribution in [0.25, 0.3) is 0 Å². The number of esters is 1. The first-order chi connectivity index (χ1) is 6.06. The minimum Gasteiger partial charge on any atom is -0.459 e. The summed E-state index contributed by atoms with van der Waals surface area (Å²) in [7, 11) is 0. The zero-order valence-corrected chi connectivity index (χ0v) is 8.63. The molecule has 13 heavy (non-hydrogen) atoms. The molecule has 0 N–H and O–H groups in total. The van der Waals surface area contributed by atoms with Crippen LogP contribution in [0.3, 0.4) is 0 Å². The van der Waals surface area contributed by atoms with Gasteiger partial charge in [0.05, 0.1) is 18.6 Å². The number of carbonyl (C=O) groups excluding carboxylic acids is 1. The van der Waals surface area contributed by atoms with Gasteiger partial charge in [0.15, 0.2) is 0 Å². The fourth-order valence-electron chi connectivity index (χ4n) is 1.06. The molecule has 0 bridgehead atoms. The van der Waals surface area contributed by atoms with Crippen LogP contribution < -0.4 is 0 Å². The van der Waals surface area contributed by atoms with Crippen LogP contribution in [0.2, 0.25) is 0 Å². The Morgan fingerprint density at radius 1 is 1.62 bits per heavy atom. The molecule has 1 rings (SSSR count). The molecule has 0 aromatic heterocycles. The molecule has 1 aliphatic heterocycles. The molecule has 1 heterocycles. The molecule has 1 saturated heterocycles. The van der Waals surface area contributed by atoms with Crippen molar-refractivity contribution in [2.75, 3.05) is 13.2 Å². The summed E-state index contributed by atoms with van der Waals surface area (Å²) in [5.74, 6) is -0.106. The number of ether oxygens (including phenoxy) is 2. The maximum absolute atomic E-state index is 11.6. The summed E-state index contributed by atoms with van der Waals surface area (Å²) < 4.78 is 10.4. The Hall–Kier alpha value is -0.570. The molecule has 0 aliphatic carbocycles. The molecule has 76 valence electrons. The topological polar surface area (TPSA) is 35.5 Å². The van der Waals surface area contributed by atoms with Gasteiger partial charge in [-0.15, -0.1) is 0 Å². The van der Waals surface area contributed by atoms with Crippen LogP contribution in [-0.2, 0) is 14.3 Å². The van der Waals surface area contributed by atoms with Crippen molar-refractivity contribution in [3.8, 4) is 0 Å². The highest BCUT2D eigenvalue weighted by molar-refractivity contribution is 5.76. The van der Waals surface area contributed by atoms with Gasteiger partial charge >= 0.3 is 5.97 Å². The molecule has 1 aliphatic rings. The second-order valence-electron chi connectivity index (χ2n) is 4.13. The number of carbonyl (C=O) groups is 1. The lowest BCUT2D eigenvalue weighted by Crippen LogP contribution is -2.30. The van der Waals surface area contributed by atoms with Gasteiger partial charge in [0.1, 0.15) is 6.10 Å². The Bertz CT molecular complexity index is 181. The average Bonchev–Trinajstić information content (AvgIpc) is 2.57. The smallest absolute Gasteiger partial charge is 0.311 e. The molecule has 0 aromatic carbocycles.